The molecule has 0 radical (unpaired) electrons. The summed E-state index contributed by atoms with van der Waals surface area (Å²) in [6, 6.07) is 39.2. The van der Waals surface area contributed by atoms with E-state index in [1.54, 1.807) is 65.6 Å². The van der Waals surface area contributed by atoms with Crippen LogP contribution in [0.3, 0.4) is 0 Å². The van der Waals surface area contributed by atoms with Crippen molar-refractivity contribution in [1.82, 2.24) is 25.0 Å². The number of phenols is 1. The predicted molar refractivity (Wildman–Crippen MR) is 261 cm³/mol. The number of phenolic OH excluding ortho intramolecular Hbond substituents is 1. The van der Waals surface area contributed by atoms with E-state index in [1.807, 2.05) is 53.4 Å². The van der Waals surface area contributed by atoms with Crippen LogP contribution >= 0.6 is 0 Å². The number of hydrogen-bond donors (Lipinski definition) is 5. The molecule has 4 heterocycles. The number of carbonyl (C=O) groups is 3. The minimum absolute atomic E-state index is 0.0608. The van der Waals surface area contributed by atoms with Gasteiger partial charge in [-0.2, -0.15) is 0 Å². The lowest BCUT2D eigenvalue weighted by Crippen LogP contribution is -2.41. The molecule has 4 atom stereocenters. The molecule has 0 unspecified atom stereocenters. The van der Waals surface area contributed by atoms with E-state index in [-0.39, 0.29) is 71.8 Å². The van der Waals surface area contributed by atoms with Gasteiger partial charge in [0.25, 0.3) is 11.8 Å². The molecule has 0 bridgehead atoms. The molecule has 14 heteroatoms. The Morgan fingerprint density at radius 1 is 0.797 bits per heavy atom. The number of aliphatic hydroxyl groups excluding tert-OH is 1. The summed E-state index contributed by atoms with van der Waals surface area (Å²) < 4.78 is 11.9. The predicted octanol–water partition coefficient (Wildman–Crippen LogP) is 5.54. The fourth-order valence-corrected chi connectivity index (χ4v) is 10.1. The molecule has 0 spiro atoms. The van der Waals surface area contributed by atoms with Crippen molar-refractivity contribution in [2.75, 3.05) is 59.0 Å². The minimum Gasteiger partial charge on any atom is -0.506 e. The number of hydrogen-bond acceptors (Lipinski definition) is 11. The maximum atomic E-state index is 14.0. The summed E-state index contributed by atoms with van der Waals surface area (Å²) in [5.74, 6) is -0.467. The Labute approximate surface area is 401 Å². The third-order valence-corrected chi connectivity index (χ3v) is 14.1. The highest BCUT2D eigenvalue weighted by Crippen LogP contribution is 2.36. The van der Waals surface area contributed by atoms with Crippen molar-refractivity contribution in [3.8, 4) is 11.5 Å². The molecule has 9 rings (SSSR count). The minimum atomic E-state index is -2.11. The number of carbonyl (C=O) groups excluding carboxylic acids is 3. The molecule has 2 amide bonds. The number of fused-ring (bicyclic) bond motifs is 2. The zero-order valence-electron chi connectivity index (χ0n) is 38.5. The molecule has 3 aliphatic heterocycles. The fraction of sp³-hybridized carbons (Fsp3) is 0.345. The van der Waals surface area contributed by atoms with Crippen LogP contribution in [0.15, 0.2) is 138 Å². The van der Waals surface area contributed by atoms with Gasteiger partial charge >= 0.3 is 5.97 Å². The molecular weight excluding hydrogens is 875 g/mol. The molecule has 358 valence electrons. The number of likely N-dealkylation sites (tertiary alicyclic amines) is 3. The molecule has 3 fully saturated rings. The number of aliphatic hydroxyl groups is 2. The topological polar surface area (TPSA) is 185 Å². The Morgan fingerprint density at radius 3 is 2.30 bits per heavy atom. The second-order valence-electron chi connectivity index (χ2n) is 18.6. The van der Waals surface area contributed by atoms with Gasteiger partial charge in [0.15, 0.2) is 6.61 Å². The molecule has 3 aliphatic rings. The van der Waals surface area contributed by atoms with Gasteiger partial charge in [-0.25, -0.2) is 4.79 Å². The fourth-order valence-electron chi connectivity index (χ4n) is 10.1. The number of nitrogens with one attached hydrogen (secondary N) is 2. The van der Waals surface area contributed by atoms with E-state index in [0.717, 1.165) is 44.5 Å². The smallest absolute Gasteiger partial charge is 0.347 e. The number of pyridine rings is 1. The van der Waals surface area contributed by atoms with Crippen LogP contribution in [0, 0.1) is 11.8 Å². The summed E-state index contributed by atoms with van der Waals surface area (Å²) in [7, 11) is 0. The van der Waals surface area contributed by atoms with Gasteiger partial charge in [-0.05, 0) is 110 Å². The molecular formula is C55H59N5O9. The first-order valence-electron chi connectivity index (χ1n) is 23.9. The van der Waals surface area contributed by atoms with Crippen LogP contribution in [0.5, 0.6) is 11.5 Å². The highest BCUT2D eigenvalue weighted by Gasteiger charge is 2.45. The van der Waals surface area contributed by atoms with Crippen LogP contribution in [-0.2, 0) is 32.9 Å². The van der Waals surface area contributed by atoms with E-state index < -0.39 is 17.7 Å². The van der Waals surface area contributed by atoms with E-state index in [1.165, 1.54) is 17.7 Å². The van der Waals surface area contributed by atoms with Crippen LogP contribution in [0.4, 0.5) is 0 Å². The monoisotopic (exact) mass is 933 g/mol. The van der Waals surface area contributed by atoms with Gasteiger partial charge in [0.2, 0.25) is 11.2 Å². The van der Waals surface area contributed by atoms with Gasteiger partial charge in [-0.15, -0.1) is 0 Å². The van der Waals surface area contributed by atoms with Crippen molar-refractivity contribution in [3.63, 3.8) is 0 Å². The van der Waals surface area contributed by atoms with E-state index in [2.05, 4.69) is 27.3 Å². The quantitative estimate of drug-likeness (QED) is 0.0572. The van der Waals surface area contributed by atoms with Crippen molar-refractivity contribution < 1.29 is 39.2 Å². The Balaban J connectivity index is 0.749. The maximum Gasteiger partial charge on any atom is 0.347 e. The van der Waals surface area contributed by atoms with E-state index in [9.17, 15) is 34.5 Å². The second-order valence-corrected chi connectivity index (χ2v) is 18.6. The Morgan fingerprint density at radius 2 is 1.54 bits per heavy atom. The van der Waals surface area contributed by atoms with E-state index in [4.69, 9.17) is 9.47 Å². The zero-order chi connectivity index (χ0) is 47.9. The molecule has 0 saturated carbocycles. The molecule has 6 aromatic rings. The van der Waals surface area contributed by atoms with Crippen molar-refractivity contribution >= 4 is 28.7 Å². The lowest BCUT2D eigenvalue weighted by atomic mass is 9.86. The average Bonchev–Trinajstić information content (AvgIpc) is 3.99. The zero-order valence-corrected chi connectivity index (χ0v) is 38.5. The van der Waals surface area contributed by atoms with Crippen LogP contribution in [-0.4, -0.2) is 118 Å². The van der Waals surface area contributed by atoms with Crippen molar-refractivity contribution in [2.45, 2.75) is 50.0 Å². The van der Waals surface area contributed by atoms with Crippen molar-refractivity contribution in [2.24, 2.45) is 11.8 Å². The summed E-state index contributed by atoms with van der Waals surface area (Å²) in [5, 5.41) is 37.2. The van der Waals surface area contributed by atoms with Gasteiger partial charge < -0.3 is 44.9 Å². The number of H-pyrrole nitrogens is 1. The third kappa shape index (κ3) is 10.7. The van der Waals surface area contributed by atoms with E-state index >= 15 is 0 Å². The van der Waals surface area contributed by atoms with E-state index in [0.29, 0.717) is 60.4 Å². The molecule has 14 nitrogen and oxygen atoms in total. The first-order valence-corrected chi connectivity index (χ1v) is 23.9. The van der Waals surface area contributed by atoms with Crippen LogP contribution < -0.4 is 15.6 Å². The van der Waals surface area contributed by atoms with Crippen LogP contribution in [0.2, 0.25) is 0 Å². The standard InChI is InChI=1S/C55H59N5O9/c61-48-20-18-45(46-19-21-50(63)57-52(46)48)49(62)31-56-26-22-37-14-16-40(17-15-37)53(65)60-29-25-41-33-59(34-47(41)60)51(64)36-68-44-13-7-12-43(30-44)55(67,42-10-5-2-6-11-42)54(66)69-35-39-23-27-58(28-24-39)32-38-8-3-1-4-9-38/h1-21,30,39,41,47,49,56,61-62,67H,22-29,31-36H2,(H,57,63)/t41-,47+,49+,55+/m1/s1. The number of piperidine rings is 1. The van der Waals surface area contributed by atoms with Gasteiger partial charge in [-0.1, -0.05) is 91.0 Å². The van der Waals surface area contributed by atoms with Crippen LogP contribution in [0.1, 0.15) is 63.5 Å². The van der Waals surface area contributed by atoms with Gasteiger partial charge in [0.1, 0.15) is 11.5 Å². The highest BCUT2D eigenvalue weighted by atomic mass is 16.6. The number of aromatic nitrogens is 1. The molecule has 1 aromatic heterocycles. The van der Waals surface area contributed by atoms with Crippen molar-refractivity contribution in [1.29, 1.82) is 0 Å². The number of aromatic amines is 1. The average molecular weight is 934 g/mol. The number of nitrogens with zero attached hydrogens (tertiary/aromatic N) is 3. The first-order chi connectivity index (χ1) is 33.5. The van der Waals surface area contributed by atoms with Gasteiger partial charge in [0, 0.05) is 61.2 Å². The lowest BCUT2D eigenvalue weighted by Gasteiger charge is -2.33. The second kappa shape index (κ2) is 21.2. The molecule has 0 aliphatic carbocycles. The number of rotatable bonds is 17. The number of amides is 2. The molecule has 5 aromatic carbocycles. The summed E-state index contributed by atoms with van der Waals surface area (Å²) in [6.07, 6.45) is 2.36. The maximum absolute atomic E-state index is 14.0. The molecule has 3 saturated heterocycles. The lowest BCUT2D eigenvalue weighted by molar-refractivity contribution is -0.164. The summed E-state index contributed by atoms with van der Waals surface area (Å²) in [5.41, 5.74) is 1.94. The Kier molecular flexibility index (Phi) is 14.5. The van der Waals surface area contributed by atoms with Crippen molar-refractivity contribution in [3.05, 3.63) is 177 Å². The number of esters is 1. The summed E-state index contributed by atoms with van der Waals surface area (Å²) >= 11 is 0. The molecule has 5 N–H and O–H groups in total. The SMILES string of the molecule is O=C(COc1cccc([C@](O)(C(=O)OCC2CCN(Cc3ccccc3)CC2)c2ccccc2)c1)N1C[C@H]2CCN(C(=O)c3ccc(CCNC[C@H](O)c4ccc(O)c5[nH]c(=O)ccc45)cc3)[C@H]2C1. The summed E-state index contributed by atoms with van der Waals surface area (Å²) in [6.45, 7) is 5.00. The molecule has 69 heavy (non-hydrogen) atoms. The Hall–Kier alpha value is -6.84. The van der Waals surface area contributed by atoms with Gasteiger partial charge in [0.05, 0.1) is 24.3 Å². The number of ether oxygens (including phenoxy) is 2. The Bertz CT molecular complexity index is 2800. The number of benzene rings is 5. The largest absolute Gasteiger partial charge is 0.506 e. The highest BCUT2D eigenvalue weighted by molar-refractivity contribution is 5.95. The number of aromatic hydroxyl groups is 1. The first kappa shape index (κ1) is 47.2. The third-order valence-electron chi connectivity index (χ3n) is 14.1. The van der Waals surface area contributed by atoms with Gasteiger partial charge in [-0.3, -0.25) is 19.3 Å². The normalized spacial score (nSPS) is 18.7. The van der Waals surface area contributed by atoms with Crippen LogP contribution in [0.25, 0.3) is 10.9 Å². The summed E-state index contributed by atoms with van der Waals surface area (Å²) in [4.78, 5) is 61.8.